The molecule has 0 aliphatic rings. The van der Waals surface area contributed by atoms with Crippen LogP contribution in [0.1, 0.15) is 35.3 Å². The van der Waals surface area contributed by atoms with Gasteiger partial charge in [0.25, 0.3) is 0 Å². The number of benzene rings is 2. The van der Waals surface area contributed by atoms with Crippen LogP contribution in [0.3, 0.4) is 0 Å². The zero-order chi connectivity index (χ0) is 17.7. The Balaban J connectivity index is 2.18. The number of rotatable bonds is 6. The Morgan fingerprint density at radius 1 is 1.08 bits per heavy atom. The van der Waals surface area contributed by atoms with E-state index in [1.165, 1.54) is 6.07 Å². The summed E-state index contributed by atoms with van der Waals surface area (Å²) in [6, 6.07) is 14.5. The Labute approximate surface area is 150 Å². The lowest BCUT2D eigenvalue weighted by Crippen LogP contribution is -2.37. The first kappa shape index (κ1) is 18.2. The molecule has 0 atom stereocenters. The fourth-order valence-corrected chi connectivity index (χ4v) is 2.76. The Hall–Kier alpha value is -2.14. The summed E-state index contributed by atoms with van der Waals surface area (Å²) in [5.41, 5.74) is 1.75. The van der Waals surface area contributed by atoms with Gasteiger partial charge < -0.3 is 10.0 Å². The van der Waals surface area contributed by atoms with Crippen LogP contribution in [-0.2, 0) is 17.8 Å². The number of carbonyl (C=O) groups is 2. The molecule has 24 heavy (non-hydrogen) atoms. The van der Waals surface area contributed by atoms with Crippen molar-refractivity contribution in [3.63, 3.8) is 0 Å². The molecule has 0 bridgehead atoms. The molecule has 2 aromatic carbocycles. The second-order valence-electron chi connectivity index (χ2n) is 5.88. The van der Waals surface area contributed by atoms with Gasteiger partial charge in [-0.1, -0.05) is 46.3 Å². The number of carboxylic acid groups (broad SMARTS) is 1. The van der Waals surface area contributed by atoms with Gasteiger partial charge in [0, 0.05) is 17.1 Å². The molecular weight excluding hydrogens is 370 g/mol. The number of nitrogens with zero attached hydrogens (tertiary/aromatic N) is 1. The summed E-state index contributed by atoms with van der Waals surface area (Å²) >= 11 is 3.40. The van der Waals surface area contributed by atoms with Gasteiger partial charge in [-0.3, -0.25) is 4.79 Å². The highest BCUT2D eigenvalue weighted by atomic mass is 79.9. The van der Waals surface area contributed by atoms with Crippen LogP contribution in [-0.4, -0.2) is 27.9 Å². The van der Waals surface area contributed by atoms with Gasteiger partial charge in [0.1, 0.15) is 0 Å². The van der Waals surface area contributed by atoms with Crippen LogP contribution in [0.5, 0.6) is 0 Å². The second kappa shape index (κ2) is 8.11. The molecule has 2 rings (SSSR count). The molecule has 0 saturated heterocycles. The van der Waals surface area contributed by atoms with Crippen molar-refractivity contribution in [2.75, 3.05) is 0 Å². The summed E-state index contributed by atoms with van der Waals surface area (Å²) in [5.74, 6) is -1.09. The third-order valence-electron chi connectivity index (χ3n) is 3.80. The van der Waals surface area contributed by atoms with E-state index in [1.54, 1.807) is 23.1 Å². The predicted molar refractivity (Wildman–Crippen MR) is 96.9 cm³/mol. The molecule has 0 aromatic heterocycles. The highest BCUT2D eigenvalue weighted by Crippen LogP contribution is 2.16. The van der Waals surface area contributed by atoms with E-state index in [0.717, 1.165) is 10.0 Å². The maximum atomic E-state index is 12.7. The average Bonchev–Trinajstić information content (AvgIpc) is 2.54. The van der Waals surface area contributed by atoms with Crippen LogP contribution in [0.15, 0.2) is 53.0 Å². The van der Waals surface area contributed by atoms with E-state index in [9.17, 15) is 14.7 Å². The first-order chi connectivity index (χ1) is 11.4. The smallest absolute Gasteiger partial charge is 0.335 e. The number of amides is 1. The molecule has 0 spiro atoms. The molecule has 1 N–H and O–H groups in total. The molecule has 0 unspecified atom stereocenters. The first-order valence-corrected chi connectivity index (χ1v) is 8.53. The van der Waals surface area contributed by atoms with E-state index < -0.39 is 5.97 Å². The van der Waals surface area contributed by atoms with E-state index >= 15 is 0 Å². The molecule has 0 aliphatic heterocycles. The molecule has 2 aromatic rings. The van der Waals surface area contributed by atoms with Gasteiger partial charge in [-0.2, -0.15) is 0 Å². The fraction of sp³-hybridized carbons (Fsp3) is 0.263. The summed E-state index contributed by atoms with van der Waals surface area (Å²) in [6.45, 7) is 4.42. The number of carboxylic acids is 1. The van der Waals surface area contributed by atoms with E-state index in [1.807, 2.05) is 38.1 Å². The first-order valence-electron chi connectivity index (χ1n) is 7.73. The van der Waals surface area contributed by atoms with Crippen molar-refractivity contribution < 1.29 is 14.7 Å². The zero-order valence-electron chi connectivity index (χ0n) is 13.7. The molecule has 126 valence electrons. The van der Waals surface area contributed by atoms with Gasteiger partial charge in [-0.05, 0) is 43.2 Å². The highest BCUT2D eigenvalue weighted by Gasteiger charge is 2.20. The lowest BCUT2D eigenvalue weighted by molar-refractivity contribution is -0.132. The number of aromatic carboxylic acids is 1. The largest absolute Gasteiger partial charge is 0.478 e. The van der Waals surface area contributed by atoms with Crippen LogP contribution in [0, 0.1) is 0 Å². The SMILES string of the molecule is CC(C)N(Cc1ccc(Br)cc1)C(=O)Cc1ccccc1C(=O)O. The summed E-state index contributed by atoms with van der Waals surface area (Å²) in [5, 5.41) is 9.26. The molecule has 4 nitrogen and oxygen atoms in total. The van der Waals surface area contributed by atoms with Gasteiger partial charge in [0.05, 0.1) is 12.0 Å². The molecule has 0 heterocycles. The van der Waals surface area contributed by atoms with Crippen molar-refractivity contribution in [3.05, 3.63) is 69.7 Å². The van der Waals surface area contributed by atoms with E-state index in [0.29, 0.717) is 12.1 Å². The molecular formula is C19H20BrNO3. The average molecular weight is 390 g/mol. The number of hydrogen-bond donors (Lipinski definition) is 1. The Kier molecular flexibility index (Phi) is 6.15. The topological polar surface area (TPSA) is 57.6 Å². The van der Waals surface area contributed by atoms with Crippen LogP contribution in [0.25, 0.3) is 0 Å². The normalized spacial score (nSPS) is 10.7. The lowest BCUT2D eigenvalue weighted by Gasteiger charge is -2.27. The van der Waals surface area contributed by atoms with Gasteiger partial charge in [0.15, 0.2) is 0 Å². The second-order valence-corrected chi connectivity index (χ2v) is 6.80. The Bertz CT molecular complexity index is 726. The van der Waals surface area contributed by atoms with Crippen molar-refractivity contribution in [1.29, 1.82) is 0 Å². The molecule has 5 heteroatoms. The van der Waals surface area contributed by atoms with Gasteiger partial charge >= 0.3 is 5.97 Å². The molecule has 1 amide bonds. The van der Waals surface area contributed by atoms with Crippen molar-refractivity contribution in [2.45, 2.75) is 32.9 Å². The van der Waals surface area contributed by atoms with Crippen molar-refractivity contribution in [3.8, 4) is 0 Å². The summed E-state index contributed by atoms with van der Waals surface area (Å²) in [4.78, 5) is 25.8. The van der Waals surface area contributed by atoms with Crippen LogP contribution >= 0.6 is 15.9 Å². The minimum absolute atomic E-state index is 0.0261. The zero-order valence-corrected chi connectivity index (χ0v) is 15.3. The maximum absolute atomic E-state index is 12.7. The number of halogens is 1. The van der Waals surface area contributed by atoms with Gasteiger partial charge in [-0.25, -0.2) is 4.79 Å². The van der Waals surface area contributed by atoms with Crippen LogP contribution in [0.4, 0.5) is 0 Å². The minimum atomic E-state index is -1.01. The van der Waals surface area contributed by atoms with Crippen LogP contribution in [0.2, 0.25) is 0 Å². The number of hydrogen-bond acceptors (Lipinski definition) is 2. The molecule has 0 saturated carbocycles. The van der Waals surface area contributed by atoms with Crippen molar-refractivity contribution in [1.82, 2.24) is 4.90 Å². The Morgan fingerprint density at radius 2 is 1.71 bits per heavy atom. The fourth-order valence-electron chi connectivity index (χ4n) is 2.49. The third kappa shape index (κ3) is 4.68. The molecule has 0 aliphatic carbocycles. The lowest BCUT2D eigenvalue weighted by atomic mass is 10.0. The van der Waals surface area contributed by atoms with E-state index in [2.05, 4.69) is 15.9 Å². The van der Waals surface area contributed by atoms with Gasteiger partial charge in [0.2, 0.25) is 5.91 Å². The summed E-state index contributed by atoms with van der Waals surface area (Å²) in [7, 11) is 0. The summed E-state index contributed by atoms with van der Waals surface area (Å²) < 4.78 is 0.990. The molecule has 0 fully saturated rings. The van der Waals surface area contributed by atoms with E-state index in [4.69, 9.17) is 0 Å². The highest BCUT2D eigenvalue weighted by molar-refractivity contribution is 9.10. The number of carbonyl (C=O) groups excluding carboxylic acids is 1. The standard InChI is InChI=1S/C19H20BrNO3/c1-13(2)21(12-14-7-9-16(20)10-8-14)18(22)11-15-5-3-4-6-17(15)19(23)24/h3-10,13H,11-12H2,1-2H3,(H,23,24). The van der Waals surface area contributed by atoms with Crippen LogP contribution < -0.4 is 0 Å². The summed E-state index contributed by atoms with van der Waals surface area (Å²) in [6.07, 6.45) is 0.0805. The maximum Gasteiger partial charge on any atom is 0.335 e. The van der Waals surface area contributed by atoms with Crippen molar-refractivity contribution >= 4 is 27.8 Å². The van der Waals surface area contributed by atoms with Crippen molar-refractivity contribution in [2.24, 2.45) is 0 Å². The predicted octanol–water partition coefficient (Wildman–Crippen LogP) is 4.13. The van der Waals surface area contributed by atoms with Gasteiger partial charge in [-0.15, -0.1) is 0 Å². The molecule has 0 radical (unpaired) electrons. The monoisotopic (exact) mass is 389 g/mol. The third-order valence-corrected chi connectivity index (χ3v) is 4.33. The van der Waals surface area contributed by atoms with E-state index in [-0.39, 0.29) is 23.9 Å². The quantitative estimate of drug-likeness (QED) is 0.807. The minimum Gasteiger partial charge on any atom is -0.478 e. The Morgan fingerprint density at radius 3 is 2.29 bits per heavy atom.